The van der Waals surface area contributed by atoms with Crippen LogP contribution in [0.2, 0.25) is 0 Å². The number of hydrogen-bond donors (Lipinski definition) is 1. The van der Waals surface area contributed by atoms with Gasteiger partial charge in [-0.2, -0.15) is 5.26 Å². The Morgan fingerprint density at radius 1 is 0.738 bits per heavy atom. The number of Topliss-reactive ketones (excluding diaryl/α,β-unsaturated/α-hetero) is 2. The largest absolute Gasteiger partial charge is 0.356 e. The SMILES string of the molecule is CC(C)C[C@@H](C(=O)NCC#N)c1cccc(-c2ccc(N(CC(=O)c3ccccc3)CC(=O)c3ccccc3)cc2)c1. The Hall–Kier alpha value is -5.02. The van der Waals surface area contributed by atoms with Crippen molar-refractivity contribution in [1.29, 1.82) is 5.26 Å². The summed E-state index contributed by atoms with van der Waals surface area (Å²) in [5.41, 5.74) is 4.75. The second-order valence-corrected chi connectivity index (χ2v) is 10.7. The first-order valence-corrected chi connectivity index (χ1v) is 14.1. The van der Waals surface area contributed by atoms with Crippen LogP contribution in [-0.4, -0.2) is 37.1 Å². The second-order valence-electron chi connectivity index (χ2n) is 10.7. The Morgan fingerprint density at radius 3 is 1.83 bits per heavy atom. The molecule has 4 aromatic carbocycles. The van der Waals surface area contributed by atoms with Crippen molar-refractivity contribution >= 4 is 23.2 Å². The number of amides is 1. The van der Waals surface area contributed by atoms with Gasteiger partial charge in [0.25, 0.3) is 0 Å². The monoisotopic (exact) mass is 557 g/mol. The van der Waals surface area contributed by atoms with Crippen molar-refractivity contribution in [1.82, 2.24) is 5.32 Å². The number of carbonyl (C=O) groups is 3. The van der Waals surface area contributed by atoms with Crippen LogP contribution in [0.1, 0.15) is 52.5 Å². The molecule has 6 nitrogen and oxygen atoms in total. The summed E-state index contributed by atoms with van der Waals surface area (Å²) in [4.78, 5) is 40.9. The van der Waals surface area contributed by atoms with E-state index in [1.165, 1.54) is 0 Å². The number of carbonyl (C=O) groups excluding carboxylic acids is 3. The number of benzene rings is 4. The molecule has 4 rings (SSSR count). The molecule has 0 saturated carbocycles. The molecule has 4 aromatic rings. The molecule has 0 saturated heterocycles. The van der Waals surface area contributed by atoms with E-state index in [-0.39, 0.29) is 43.0 Å². The number of anilines is 1. The number of hydrogen-bond acceptors (Lipinski definition) is 5. The van der Waals surface area contributed by atoms with Crippen LogP contribution in [0, 0.1) is 17.2 Å². The molecule has 1 N–H and O–H groups in total. The molecule has 1 amide bonds. The molecule has 0 heterocycles. The van der Waals surface area contributed by atoms with Crippen molar-refractivity contribution in [3.63, 3.8) is 0 Å². The summed E-state index contributed by atoms with van der Waals surface area (Å²) in [5.74, 6) is -0.354. The van der Waals surface area contributed by atoms with Gasteiger partial charge in [0.05, 0.1) is 25.1 Å². The van der Waals surface area contributed by atoms with E-state index in [0.717, 1.165) is 22.4 Å². The van der Waals surface area contributed by atoms with E-state index in [4.69, 9.17) is 5.26 Å². The highest BCUT2D eigenvalue weighted by Crippen LogP contribution is 2.30. The molecule has 0 aromatic heterocycles. The van der Waals surface area contributed by atoms with E-state index in [0.29, 0.717) is 23.5 Å². The lowest BCUT2D eigenvalue weighted by Crippen LogP contribution is -2.34. The van der Waals surface area contributed by atoms with Crippen LogP contribution in [-0.2, 0) is 4.79 Å². The Balaban J connectivity index is 1.60. The van der Waals surface area contributed by atoms with Crippen molar-refractivity contribution < 1.29 is 14.4 Å². The van der Waals surface area contributed by atoms with E-state index >= 15 is 0 Å². The van der Waals surface area contributed by atoms with E-state index in [9.17, 15) is 14.4 Å². The Morgan fingerprint density at radius 2 is 1.31 bits per heavy atom. The summed E-state index contributed by atoms with van der Waals surface area (Å²) in [6.45, 7) is 4.25. The standard InChI is InChI=1S/C36H35N3O3/c1-26(2)22-33(36(42)38-21-20-37)31-15-9-14-30(23-31)27-16-18-32(19-17-27)39(24-34(40)28-10-5-3-6-11-28)25-35(41)29-12-7-4-8-13-29/h3-19,23,26,33H,21-22,24-25H2,1-2H3,(H,38,42)/t33-/m1/s1. The van der Waals surface area contributed by atoms with Gasteiger partial charge in [0.15, 0.2) is 11.6 Å². The third-order valence-electron chi connectivity index (χ3n) is 7.08. The van der Waals surface area contributed by atoms with E-state index in [2.05, 4.69) is 19.2 Å². The zero-order chi connectivity index (χ0) is 29.9. The molecule has 0 unspecified atom stereocenters. The smallest absolute Gasteiger partial charge is 0.228 e. The van der Waals surface area contributed by atoms with Gasteiger partial charge >= 0.3 is 0 Å². The molecule has 0 aliphatic heterocycles. The molecule has 0 spiro atoms. The molecule has 0 radical (unpaired) electrons. The van der Waals surface area contributed by atoms with Crippen LogP contribution >= 0.6 is 0 Å². The second kappa shape index (κ2) is 14.6. The number of rotatable bonds is 13. The van der Waals surface area contributed by atoms with Crippen LogP contribution in [0.5, 0.6) is 0 Å². The third kappa shape index (κ3) is 8.02. The lowest BCUT2D eigenvalue weighted by molar-refractivity contribution is -0.122. The molecule has 212 valence electrons. The fraction of sp³-hybridized carbons (Fsp3) is 0.222. The minimum atomic E-state index is -0.360. The number of ketones is 2. The number of nitriles is 1. The number of nitrogens with zero attached hydrogens (tertiary/aromatic N) is 2. The highest BCUT2D eigenvalue weighted by Gasteiger charge is 2.22. The van der Waals surface area contributed by atoms with Crippen LogP contribution in [0.4, 0.5) is 5.69 Å². The molecule has 0 bridgehead atoms. The molecule has 0 aliphatic rings. The molecule has 0 fully saturated rings. The fourth-order valence-electron chi connectivity index (χ4n) is 4.93. The predicted octanol–water partition coefficient (Wildman–Crippen LogP) is 6.70. The molecular weight excluding hydrogens is 522 g/mol. The summed E-state index contributed by atoms with van der Waals surface area (Å²) >= 11 is 0. The molecule has 1 atom stereocenters. The first kappa shape index (κ1) is 30.0. The minimum Gasteiger partial charge on any atom is -0.356 e. The predicted molar refractivity (Wildman–Crippen MR) is 166 cm³/mol. The summed E-state index contributed by atoms with van der Waals surface area (Å²) in [7, 11) is 0. The van der Waals surface area contributed by atoms with E-state index in [1.54, 1.807) is 24.3 Å². The van der Waals surface area contributed by atoms with Gasteiger partial charge in [-0.1, -0.05) is 111 Å². The normalized spacial score (nSPS) is 11.4. The average Bonchev–Trinajstić information content (AvgIpc) is 3.03. The zero-order valence-corrected chi connectivity index (χ0v) is 24.0. The van der Waals surface area contributed by atoms with Crippen LogP contribution in [0.25, 0.3) is 11.1 Å². The van der Waals surface area contributed by atoms with Gasteiger partial charge in [-0.05, 0) is 41.2 Å². The maximum atomic E-state index is 13.1. The van der Waals surface area contributed by atoms with Gasteiger partial charge in [-0.15, -0.1) is 0 Å². The molecule has 6 heteroatoms. The van der Waals surface area contributed by atoms with Crippen molar-refractivity contribution in [3.05, 3.63) is 126 Å². The highest BCUT2D eigenvalue weighted by atomic mass is 16.2. The quantitative estimate of drug-likeness (QED) is 0.146. The Labute approximate surface area is 247 Å². The minimum absolute atomic E-state index is 0.0232. The summed E-state index contributed by atoms with van der Waals surface area (Å²) in [6.07, 6.45) is 0.666. The van der Waals surface area contributed by atoms with Crippen molar-refractivity contribution in [3.8, 4) is 17.2 Å². The van der Waals surface area contributed by atoms with Gasteiger partial charge in [-0.25, -0.2) is 0 Å². The van der Waals surface area contributed by atoms with Crippen LogP contribution < -0.4 is 10.2 Å². The third-order valence-corrected chi connectivity index (χ3v) is 7.08. The van der Waals surface area contributed by atoms with Crippen molar-refractivity contribution in [2.45, 2.75) is 26.2 Å². The van der Waals surface area contributed by atoms with Crippen molar-refractivity contribution in [2.75, 3.05) is 24.5 Å². The molecular formula is C36H35N3O3. The van der Waals surface area contributed by atoms with E-state index < -0.39 is 0 Å². The number of nitrogens with one attached hydrogen (secondary N) is 1. The summed E-state index contributed by atoms with van der Waals surface area (Å²) < 4.78 is 0. The Bertz CT molecular complexity index is 1490. The van der Waals surface area contributed by atoms with Crippen molar-refractivity contribution in [2.24, 2.45) is 5.92 Å². The molecule has 0 aliphatic carbocycles. The first-order valence-electron chi connectivity index (χ1n) is 14.1. The maximum Gasteiger partial charge on any atom is 0.228 e. The fourth-order valence-corrected chi connectivity index (χ4v) is 4.93. The van der Waals surface area contributed by atoms with Gasteiger partial charge < -0.3 is 10.2 Å². The van der Waals surface area contributed by atoms with Gasteiger partial charge in [-0.3, -0.25) is 14.4 Å². The highest BCUT2D eigenvalue weighted by molar-refractivity contribution is 6.03. The summed E-state index contributed by atoms with van der Waals surface area (Å²) in [5, 5.41) is 11.6. The van der Waals surface area contributed by atoms with Gasteiger partial charge in [0.1, 0.15) is 6.54 Å². The van der Waals surface area contributed by atoms with Crippen LogP contribution in [0.15, 0.2) is 109 Å². The van der Waals surface area contributed by atoms with Gasteiger partial charge in [0, 0.05) is 16.8 Å². The first-order chi connectivity index (χ1) is 20.4. The lowest BCUT2D eigenvalue weighted by atomic mass is 9.88. The maximum absolute atomic E-state index is 13.1. The molecule has 42 heavy (non-hydrogen) atoms. The van der Waals surface area contributed by atoms with E-state index in [1.807, 2.05) is 95.9 Å². The topological polar surface area (TPSA) is 90.3 Å². The Kier molecular flexibility index (Phi) is 10.4. The van der Waals surface area contributed by atoms with Crippen LogP contribution in [0.3, 0.4) is 0 Å². The average molecular weight is 558 g/mol. The lowest BCUT2D eigenvalue weighted by Gasteiger charge is -2.24. The summed E-state index contributed by atoms with van der Waals surface area (Å²) in [6, 6.07) is 35.8. The zero-order valence-electron chi connectivity index (χ0n) is 24.0. The van der Waals surface area contributed by atoms with Gasteiger partial charge in [0.2, 0.25) is 5.91 Å².